The van der Waals surface area contributed by atoms with Gasteiger partial charge in [0.05, 0.1) is 10.8 Å². The van der Waals surface area contributed by atoms with Gasteiger partial charge in [-0.2, -0.15) is 0 Å². The van der Waals surface area contributed by atoms with E-state index in [9.17, 15) is 14.9 Å². The van der Waals surface area contributed by atoms with Crippen LogP contribution < -0.4 is 4.90 Å². The molecular weight excluding hydrogens is 322 g/mol. The topological polar surface area (TPSA) is 85.6 Å². The number of esters is 1. The molecule has 0 bridgehead atoms. The van der Waals surface area contributed by atoms with Crippen LogP contribution in [0.4, 0.5) is 11.5 Å². The molecule has 1 atom stereocenters. The highest BCUT2D eigenvalue weighted by Crippen LogP contribution is 2.23. The van der Waals surface area contributed by atoms with E-state index in [1.54, 1.807) is 18.3 Å². The number of aromatic nitrogens is 1. The number of hydrogen-bond donors (Lipinski definition) is 0. The average Bonchev–Trinajstić information content (AvgIpc) is 2.67. The third kappa shape index (κ3) is 4.32. The number of carbonyl (C=O) groups excluding carboxylic acids is 1. The number of benzene rings is 1. The molecule has 3 rings (SSSR count). The van der Waals surface area contributed by atoms with E-state index in [0.29, 0.717) is 12.1 Å². The smallest absolute Gasteiger partial charge is 0.311 e. The standard InChI is InChI=1S/C18H19N3O4/c22-18(25-13-14-5-3-7-16(11-14)21(23)24)15-6-4-10-20(12-15)17-8-1-2-9-19-17/h1-3,5,7-9,11,15H,4,6,10,12-13H2/t15-/m1/s1. The van der Waals surface area contributed by atoms with E-state index in [4.69, 9.17) is 4.74 Å². The maximum Gasteiger partial charge on any atom is 0.311 e. The Balaban J connectivity index is 1.58. The van der Waals surface area contributed by atoms with Gasteiger partial charge in [0.1, 0.15) is 12.4 Å². The highest BCUT2D eigenvalue weighted by molar-refractivity contribution is 5.73. The third-order valence-corrected chi connectivity index (χ3v) is 4.23. The Morgan fingerprint density at radius 2 is 2.20 bits per heavy atom. The van der Waals surface area contributed by atoms with Gasteiger partial charge in [-0.05, 0) is 30.5 Å². The second-order valence-corrected chi connectivity index (χ2v) is 6.01. The molecule has 0 spiro atoms. The number of carbonyl (C=O) groups is 1. The molecule has 0 unspecified atom stereocenters. The van der Waals surface area contributed by atoms with Crippen LogP contribution in [0.2, 0.25) is 0 Å². The van der Waals surface area contributed by atoms with E-state index in [0.717, 1.165) is 25.2 Å². The van der Waals surface area contributed by atoms with Crippen LogP contribution in [0.5, 0.6) is 0 Å². The van der Waals surface area contributed by atoms with Gasteiger partial charge in [0.2, 0.25) is 0 Å². The summed E-state index contributed by atoms with van der Waals surface area (Å²) in [4.78, 5) is 29.1. The number of nitrogens with zero attached hydrogens (tertiary/aromatic N) is 3. The van der Waals surface area contributed by atoms with Crippen LogP contribution in [0, 0.1) is 16.0 Å². The number of nitro groups is 1. The largest absolute Gasteiger partial charge is 0.461 e. The molecule has 2 heterocycles. The molecular formula is C18H19N3O4. The Bertz CT molecular complexity index is 751. The molecule has 1 aromatic carbocycles. The van der Waals surface area contributed by atoms with Crippen molar-refractivity contribution in [2.24, 2.45) is 5.92 Å². The molecule has 0 amide bonds. The van der Waals surface area contributed by atoms with Crippen molar-refractivity contribution >= 4 is 17.5 Å². The highest BCUT2D eigenvalue weighted by atomic mass is 16.6. The summed E-state index contributed by atoms with van der Waals surface area (Å²) in [6, 6.07) is 11.8. The van der Waals surface area contributed by atoms with Crippen molar-refractivity contribution in [1.29, 1.82) is 0 Å². The van der Waals surface area contributed by atoms with Crippen molar-refractivity contribution in [3.05, 3.63) is 64.3 Å². The van der Waals surface area contributed by atoms with Gasteiger partial charge >= 0.3 is 5.97 Å². The molecule has 2 aromatic rings. The quantitative estimate of drug-likeness (QED) is 0.472. The first-order chi connectivity index (χ1) is 12.1. The molecule has 0 N–H and O–H groups in total. The summed E-state index contributed by atoms with van der Waals surface area (Å²) in [6.45, 7) is 1.48. The summed E-state index contributed by atoms with van der Waals surface area (Å²) in [5.41, 5.74) is 0.604. The number of anilines is 1. The van der Waals surface area contributed by atoms with Gasteiger partial charge in [-0.25, -0.2) is 4.98 Å². The van der Waals surface area contributed by atoms with Crippen molar-refractivity contribution in [3.63, 3.8) is 0 Å². The van der Waals surface area contributed by atoms with Crippen LogP contribution in [-0.2, 0) is 16.1 Å². The Hall–Kier alpha value is -2.96. The first-order valence-corrected chi connectivity index (χ1v) is 8.19. The minimum absolute atomic E-state index is 0.00691. The van der Waals surface area contributed by atoms with Crippen LogP contribution in [0.3, 0.4) is 0 Å². The maximum atomic E-state index is 12.4. The van der Waals surface area contributed by atoms with Crippen LogP contribution in [0.15, 0.2) is 48.7 Å². The van der Waals surface area contributed by atoms with Crippen molar-refractivity contribution in [2.45, 2.75) is 19.4 Å². The number of hydrogen-bond acceptors (Lipinski definition) is 6. The van der Waals surface area contributed by atoms with Gasteiger partial charge in [-0.15, -0.1) is 0 Å². The van der Waals surface area contributed by atoms with Crippen LogP contribution in [0.1, 0.15) is 18.4 Å². The van der Waals surface area contributed by atoms with Crippen LogP contribution in [0.25, 0.3) is 0 Å². The van der Waals surface area contributed by atoms with E-state index in [-0.39, 0.29) is 24.2 Å². The lowest BCUT2D eigenvalue weighted by Crippen LogP contribution is -2.39. The first kappa shape index (κ1) is 16.9. The molecule has 0 radical (unpaired) electrons. The van der Waals surface area contributed by atoms with Crippen molar-refractivity contribution in [2.75, 3.05) is 18.0 Å². The van der Waals surface area contributed by atoms with E-state index < -0.39 is 4.92 Å². The number of nitro benzene ring substituents is 1. The van der Waals surface area contributed by atoms with E-state index in [1.807, 2.05) is 18.2 Å². The Morgan fingerprint density at radius 1 is 1.32 bits per heavy atom. The van der Waals surface area contributed by atoms with Crippen molar-refractivity contribution < 1.29 is 14.5 Å². The zero-order valence-corrected chi connectivity index (χ0v) is 13.7. The lowest BCUT2D eigenvalue weighted by atomic mass is 9.98. The molecule has 1 aliphatic heterocycles. The van der Waals surface area contributed by atoms with Gasteiger partial charge in [0, 0.05) is 31.4 Å². The Kier molecular flexibility index (Phi) is 5.23. The SMILES string of the molecule is O=C(OCc1cccc([N+](=O)[O-])c1)[C@@H]1CCCN(c2ccccn2)C1. The van der Waals surface area contributed by atoms with E-state index in [2.05, 4.69) is 9.88 Å². The predicted octanol–water partition coefficient (Wildman–Crippen LogP) is 2.95. The number of pyridine rings is 1. The first-order valence-electron chi connectivity index (χ1n) is 8.19. The summed E-state index contributed by atoms with van der Waals surface area (Å²) in [7, 11) is 0. The van der Waals surface area contributed by atoms with Gasteiger partial charge in [0.25, 0.3) is 5.69 Å². The van der Waals surface area contributed by atoms with Gasteiger partial charge in [-0.1, -0.05) is 18.2 Å². The van der Waals surface area contributed by atoms with Gasteiger partial charge in [0.15, 0.2) is 0 Å². The molecule has 1 aromatic heterocycles. The summed E-state index contributed by atoms with van der Waals surface area (Å²) < 4.78 is 5.38. The summed E-state index contributed by atoms with van der Waals surface area (Å²) in [5.74, 6) is 0.375. The molecule has 0 aliphatic carbocycles. The van der Waals surface area contributed by atoms with E-state index >= 15 is 0 Å². The van der Waals surface area contributed by atoms with Crippen molar-refractivity contribution in [1.82, 2.24) is 4.98 Å². The molecule has 1 saturated heterocycles. The second-order valence-electron chi connectivity index (χ2n) is 6.01. The normalized spacial score (nSPS) is 17.1. The highest BCUT2D eigenvalue weighted by Gasteiger charge is 2.27. The lowest BCUT2D eigenvalue weighted by molar-refractivity contribution is -0.384. The fourth-order valence-electron chi connectivity index (χ4n) is 2.95. The third-order valence-electron chi connectivity index (χ3n) is 4.23. The molecule has 130 valence electrons. The number of rotatable bonds is 5. The zero-order valence-electron chi connectivity index (χ0n) is 13.7. The fraction of sp³-hybridized carbons (Fsp3) is 0.333. The molecule has 7 nitrogen and oxygen atoms in total. The summed E-state index contributed by atoms with van der Waals surface area (Å²) in [6.07, 6.45) is 3.41. The van der Waals surface area contributed by atoms with E-state index in [1.165, 1.54) is 12.1 Å². The maximum absolute atomic E-state index is 12.4. The Morgan fingerprint density at radius 3 is 2.96 bits per heavy atom. The minimum Gasteiger partial charge on any atom is -0.461 e. The van der Waals surface area contributed by atoms with Gasteiger partial charge in [-0.3, -0.25) is 14.9 Å². The number of piperidine rings is 1. The minimum atomic E-state index is -0.461. The van der Waals surface area contributed by atoms with Gasteiger partial charge < -0.3 is 9.64 Å². The molecule has 1 aliphatic rings. The predicted molar refractivity (Wildman–Crippen MR) is 92.1 cm³/mol. The lowest BCUT2D eigenvalue weighted by Gasteiger charge is -2.32. The van der Waals surface area contributed by atoms with Crippen molar-refractivity contribution in [3.8, 4) is 0 Å². The summed E-state index contributed by atoms with van der Waals surface area (Å²) in [5, 5.41) is 10.8. The monoisotopic (exact) mass is 341 g/mol. The van der Waals surface area contributed by atoms with Crippen LogP contribution in [-0.4, -0.2) is 29.0 Å². The molecule has 25 heavy (non-hydrogen) atoms. The Labute approximate surface area is 145 Å². The fourth-order valence-corrected chi connectivity index (χ4v) is 2.95. The number of non-ortho nitro benzene ring substituents is 1. The average molecular weight is 341 g/mol. The van der Waals surface area contributed by atoms with Crippen LogP contribution >= 0.6 is 0 Å². The molecule has 1 fully saturated rings. The number of ether oxygens (including phenoxy) is 1. The molecule has 0 saturated carbocycles. The molecule has 7 heteroatoms. The zero-order chi connectivity index (χ0) is 17.6. The second kappa shape index (κ2) is 7.74. The summed E-state index contributed by atoms with van der Waals surface area (Å²) >= 11 is 0.